The van der Waals surface area contributed by atoms with Crippen molar-refractivity contribution in [2.75, 3.05) is 11.6 Å². The largest absolute Gasteiger partial charge is 0.480 e. The van der Waals surface area contributed by atoms with Crippen LogP contribution in [-0.4, -0.2) is 45.1 Å². The van der Waals surface area contributed by atoms with Crippen LogP contribution in [-0.2, 0) is 9.59 Å². The van der Waals surface area contributed by atoms with Crippen molar-refractivity contribution >= 4 is 23.6 Å². The summed E-state index contributed by atoms with van der Waals surface area (Å²) in [6.07, 6.45) is 0. The number of nitrogens with zero attached hydrogens (tertiary/aromatic N) is 1. The lowest BCUT2D eigenvalue weighted by molar-refractivity contribution is -0.149. The highest BCUT2D eigenvalue weighted by atomic mass is 32.2. The lowest BCUT2D eigenvalue weighted by Crippen LogP contribution is -2.54. The van der Waals surface area contributed by atoms with Crippen LogP contribution in [0, 0.1) is 0 Å². The number of carbonyl (C=O) groups is 2. The smallest absolute Gasteiger partial charge is 0.327 e. The number of amides is 1. The molecule has 0 bridgehead atoms. The van der Waals surface area contributed by atoms with Crippen LogP contribution in [0.2, 0.25) is 0 Å². The predicted octanol–water partition coefficient (Wildman–Crippen LogP) is -0.290. The topological polar surface area (TPSA) is 83.6 Å². The summed E-state index contributed by atoms with van der Waals surface area (Å²) >= 11 is 1.43. The second-order valence-corrected chi connectivity index (χ2v) is 4.85. The monoisotopic (exact) mass is 218 g/mol. The summed E-state index contributed by atoms with van der Waals surface area (Å²) in [5, 5.41) is 8.85. The van der Waals surface area contributed by atoms with Crippen molar-refractivity contribution < 1.29 is 14.7 Å². The highest BCUT2D eigenvalue weighted by Gasteiger charge is 2.39. The molecular formula is C8H14N2O3S. The van der Waals surface area contributed by atoms with Gasteiger partial charge in [-0.2, -0.15) is 0 Å². The molecule has 1 saturated heterocycles. The van der Waals surface area contributed by atoms with Gasteiger partial charge in [0.05, 0.1) is 11.4 Å². The van der Waals surface area contributed by atoms with E-state index >= 15 is 0 Å². The van der Waals surface area contributed by atoms with Crippen LogP contribution in [0.15, 0.2) is 0 Å². The van der Waals surface area contributed by atoms with E-state index in [1.165, 1.54) is 16.7 Å². The standard InChI is InChI=1S/C8H14N2O3S/c1-8(2,9)7(13)10-4-14-3-5(10)6(11)12/h5H,3-4,9H2,1-2H3,(H,11,12). The van der Waals surface area contributed by atoms with E-state index in [-0.39, 0.29) is 5.91 Å². The minimum atomic E-state index is -1.00. The van der Waals surface area contributed by atoms with E-state index in [0.717, 1.165) is 0 Å². The molecule has 0 aromatic heterocycles. The van der Waals surface area contributed by atoms with Crippen LogP contribution in [0.4, 0.5) is 0 Å². The Balaban J connectivity index is 2.77. The third-order valence-electron chi connectivity index (χ3n) is 1.98. The van der Waals surface area contributed by atoms with Crippen molar-refractivity contribution in [2.24, 2.45) is 5.73 Å². The minimum absolute atomic E-state index is 0.310. The first kappa shape index (κ1) is 11.3. The predicted molar refractivity (Wildman–Crippen MR) is 53.9 cm³/mol. The molecule has 3 N–H and O–H groups in total. The molecule has 1 amide bonds. The molecule has 1 unspecified atom stereocenters. The third kappa shape index (κ3) is 2.19. The van der Waals surface area contributed by atoms with Crippen LogP contribution in [0.1, 0.15) is 13.8 Å². The number of aliphatic carboxylic acids is 1. The van der Waals surface area contributed by atoms with E-state index in [0.29, 0.717) is 11.6 Å². The van der Waals surface area contributed by atoms with Gasteiger partial charge in [-0.25, -0.2) is 4.79 Å². The SMILES string of the molecule is CC(C)(N)C(=O)N1CSCC1C(=O)O. The van der Waals surface area contributed by atoms with E-state index in [1.54, 1.807) is 13.8 Å². The third-order valence-corrected chi connectivity index (χ3v) is 2.99. The zero-order valence-electron chi connectivity index (χ0n) is 8.19. The lowest BCUT2D eigenvalue weighted by Gasteiger charge is -2.27. The van der Waals surface area contributed by atoms with Gasteiger partial charge in [0.2, 0.25) is 5.91 Å². The fraction of sp³-hybridized carbons (Fsp3) is 0.750. The van der Waals surface area contributed by atoms with E-state index in [2.05, 4.69) is 0 Å². The molecule has 5 nitrogen and oxygen atoms in total. The Morgan fingerprint density at radius 3 is 2.57 bits per heavy atom. The number of nitrogens with two attached hydrogens (primary N) is 1. The molecule has 1 fully saturated rings. The normalized spacial score (nSPS) is 22.5. The Morgan fingerprint density at radius 2 is 2.14 bits per heavy atom. The molecule has 0 radical (unpaired) electrons. The van der Waals surface area contributed by atoms with Gasteiger partial charge >= 0.3 is 5.97 Å². The number of rotatable bonds is 2. The lowest BCUT2D eigenvalue weighted by atomic mass is 10.0. The molecular weight excluding hydrogens is 204 g/mol. The minimum Gasteiger partial charge on any atom is -0.480 e. The first-order valence-corrected chi connectivity index (χ1v) is 5.40. The maximum Gasteiger partial charge on any atom is 0.327 e. The van der Waals surface area contributed by atoms with Gasteiger partial charge in [-0.05, 0) is 13.8 Å². The Bertz CT molecular complexity index is 262. The summed E-state index contributed by atoms with van der Waals surface area (Å²) < 4.78 is 0. The fourth-order valence-electron chi connectivity index (χ4n) is 1.22. The van der Waals surface area contributed by atoms with Crippen molar-refractivity contribution in [1.82, 2.24) is 4.90 Å². The molecule has 1 aliphatic heterocycles. The molecule has 6 heteroatoms. The summed E-state index contributed by atoms with van der Waals surface area (Å²) in [6.45, 7) is 3.16. The zero-order valence-corrected chi connectivity index (χ0v) is 9.00. The Kier molecular flexibility index (Phi) is 3.06. The van der Waals surface area contributed by atoms with Crippen molar-refractivity contribution in [1.29, 1.82) is 0 Å². The number of hydrogen-bond donors (Lipinski definition) is 2. The number of carboxylic acids is 1. The Labute approximate surface area is 86.6 Å². The van der Waals surface area contributed by atoms with Gasteiger partial charge in [0.25, 0.3) is 0 Å². The van der Waals surface area contributed by atoms with Gasteiger partial charge in [0, 0.05) is 5.75 Å². The zero-order chi connectivity index (χ0) is 10.9. The first-order valence-electron chi connectivity index (χ1n) is 4.24. The van der Waals surface area contributed by atoms with Gasteiger partial charge < -0.3 is 15.7 Å². The molecule has 1 aliphatic rings. The van der Waals surface area contributed by atoms with Crippen LogP contribution >= 0.6 is 11.8 Å². The van der Waals surface area contributed by atoms with Gasteiger partial charge in [-0.15, -0.1) is 11.8 Å². The van der Waals surface area contributed by atoms with Gasteiger partial charge in [0.1, 0.15) is 6.04 Å². The molecule has 0 aliphatic carbocycles. The van der Waals surface area contributed by atoms with Crippen molar-refractivity contribution in [3.63, 3.8) is 0 Å². The average molecular weight is 218 g/mol. The van der Waals surface area contributed by atoms with Crippen LogP contribution in [0.25, 0.3) is 0 Å². The number of thioether (sulfide) groups is 1. The van der Waals surface area contributed by atoms with Crippen molar-refractivity contribution in [2.45, 2.75) is 25.4 Å². The molecule has 1 heterocycles. The molecule has 1 rings (SSSR count). The molecule has 0 spiro atoms. The van der Waals surface area contributed by atoms with E-state index in [9.17, 15) is 9.59 Å². The highest BCUT2D eigenvalue weighted by molar-refractivity contribution is 7.99. The van der Waals surface area contributed by atoms with E-state index in [1.807, 2.05) is 0 Å². The van der Waals surface area contributed by atoms with Gasteiger partial charge in [-0.1, -0.05) is 0 Å². The summed E-state index contributed by atoms with van der Waals surface area (Å²) in [5.74, 6) is -0.421. The van der Waals surface area contributed by atoms with Crippen molar-refractivity contribution in [3.8, 4) is 0 Å². The second-order valence-electron chi connectivity index (χ2n) is 3.85. The van der Waals surface area contributed by atoms with Crippen LogP contribution in [0.3, 0.4) is 0 Å². The summed E-state index contributed by atoms with van der Waals surface area (Å²) in [5.41, 5.74) is 4.63. The average Bonchev–Trinajstić information content (AvgIpc) is 2.48. The summed E-state index contributed by atoms with van der Waals surface area (Å²) in [7, 11) is 0. The second kappa shape index (κ2) is 3.78. The van der Waals surface area contributed by atoms with Crippen LogP contribution < -0.4 is 5.73 Å². The molecule has 0 aromatic carbocycles. The fourth-order valence-corrected chi connectivity index (χ4v) is 2.36. The molecule has 1 atom stereocenters. The molecule has 0 saturated carbocycles. The molecule has 0 aromatic rings. The van der Waals surface area contributed by atoms with Gasteiger partial charge in [0.15, 0.2) is 0 Å². The summed E-state index contributed by atoms with van der Waals surface area (Å²) in [6, 6.07) is -0.727. The molecule has 80 valence electrons. The van der Waals surface area contributed by atoms with Crippen molar-refractivity contribution in [3.05, 3.63) is 0 Å². The van der Waals surface area contributed by atoms with E-state index in [4.69, 9.17) is 10.8 Å². The van der Waals surface area contributed by atoms with Crippen LogP contribution in [0.5, 0.6) is 0 Å². The maximum absolute atomic E-state index is 11.7. The number of carbonyl (C=O) groups excluding carboxylic acids is 1. The Morgan fingerprint density at radius 1 is 1.57 bits per heavy atom. The van der Waals surface area contributed by atoms with E-state index < -0.39 is 17.6 Å². The summed E-state index contributed by atoms with van der Waals surface area (Å²) in [4.78, 5) is 23.8. The number of carboxylic acid groups (broad SMARTS) is 1. The van der Waals surface area contributed by atoms with Gasteiger partial charge in [-0.3, -0.25) is 4.79 Å². The number of hydrogen-bond acceptors (Lipinski definition) is 4. The quantitative estimate of drug-likeness (QED) is 0.665. The maximum atomic E-state index is 11.7. The molecule has 14 heavy (non-hydrogen) atoms. The highest BCUT2D eigenvalue weighted by Crippen LogP contribution is 2.23. The first-order chi connectivity index (χ1) is 6.34. The Hall–Kier alpha value is -0.750.